The molecule has 1 atom stereocenters. The van der Waals surface area contributed by atoms with Gasteiger partial charge in [-0.3, -0.25) is 0 Å². The molecule has 0 aromatic heterocycles. The van der Waals surface area contributed by atoms with Gasteiger partial charge in [0.2, 0.25) is 0 Å². The summed E-state index contributed by atoms with van der Waals surface area (Å²) in [7, 11) is 0. The van der Waals surface area contributed by atoms with Crippen LogP contribution in [0.2, 0.25) is 0 Å². The summed E-state index contributed by atoms with van der Waals surface area (Å²) in [6.07, 6.45) is 1.51. The van der Waals surface area contributed by atoms with Crippen molar-refractivity contribution in [2.45, 2.75) is 18.8 Å². The van der Waals surface area contributed by atoms with E-state index in [0.29, 0.717) is 6.42 Å². The summed E-state index contributed by atoms with van der Waals surface area (Å²) in [5.74, 6) is 6.21. The summed E-state index contributed by atoms with van der Waals surface area (Å²) in [6.45, 7) is 1.93. The van der Waals surface area contributed by atoms with Gasteiger partial charge < -0.3 is 4.79 Å². The smallest absolute Gasteiger partial charge is 0.131 e. The molecule has 0 aliphatic rings. The first-order chi connectivity index (χ1) is 9.24. The molecule has 0 saturated heterocycles. The first-order valence-corrected chi connectivity index (χ1v) is 6.30. The standard InChI is InChI=1S/C18H16O/c1-18(15-19,17-12-6-3-7-13-17)14-8-11-16-9-4-2-5-10-16/h2-7,9-10,12-13,15H,14H2,1H3. The minimum Gasteiger partial charge on any atom is -0.302 e. The summed E-state index contributed by atoms with van der Waals surface area (Å²) in [5.41, 5.74) is 1.44. The lowest BCUT2D eigenvalue weighted by Gasteiger charge is -2.20. The van der Waals surface area contributed by atoms with Crippen LogP contribution in [0.5, 0.6) is 0 Å². The topological polar surface area (TPSA) is 17.1 Å². The lowest BCUT2D eigenvalue weighted by atomic mass is 9.81. The average molecular weight is 248 g/mol. The quantitative estimate of drug-likeness (QED) is 0.599. The first kappa shape index (κ1) is 13.1. The molecule has 94 valence electrons. The summed E-state index contributed by atoms with van der Waals surface area (Å²) in [6, 6.07) is 19.6. The van der Waals surface area contributed by atoms with Crippen molar-refractivity contribution in [3.8, 4) is 11.8 Å². The molecule has 0 spiro atoms. The molecule has 2 aromatic rings. The third-order valence-corrected chi connectivity index (χ3v) is 3.16. The van der Waals surface area contributed by atoms with Crippen molar-refractivity contribution in [2.24, 2.45) is 0 Å². The molecule has 19 heavy (non-hydrogen) atoms. The number of hydrogen-bond donors (Lipinski definition) is 0. The van der Waals surface area contributed by atoms with E-state index in [0.717, 1.165) is 17.4 Å². The zero-order valence-electron chi connectivity index (χ0n) is 11.0. The van der Waals surface area contributed by atoms with Gasteiger partial charge in [-0.05, 0) is 24.6 Å². The molecule has 0 bridgehead atoms. The fourth-order valence-electron chi connectivity index (χ4n) is 1.88. The maximum Gasteiger partial charge on any atom is 0.131 e. The molecule has 0 saturated carbocycles. The highest BCUT2D eigenvalue weighted by molar-refractivity contribution is 5.68. The van der Waals surface area contributed by atoms with Crippen LogP contribution in [0, 0.1) is 11.8 Å². The fourth-order valence-corrected chi connectivity index (χ4v) is 1.88. The molecule has 1 nitrogen and oxygen atoms in total. The lowest BCUT2D eigenvalue weighted by molar-refractivity contribution is -0.112. The van der Waals surface area contributed by atoms with Gasteiger partial charge in [0.15, 0.2) is 0 Å². The van der Waals surface area contributed by atoms with Crippen molar-refractivity contribution < 1.29 is 4.79 Å². The zero-order chi connectivity index (χ0) is 13.6. The van der Waals surface area contributed by atoms with E-state index in [4.69, 9.17) is 0 Å². The molecule has 0 aliphatic carbocycles. The van der Waals surface area contributed by atoms with Crippen molar-refractivity contribution >= 4 is 6.29 Å². The van der Waals surface area contributed by atoms with Gasteiger partial charge >= 0.3 is 0 Å². The molecule has 0 fully saturated rings. The molecular formula is C18H16O. The van der Waals surface area contributed by atoms with E-state index < -0.39 is 5.41 Å². The highest BCUT2D eigenvalue weighted by Gasteiger charge is 2.24. The van der Waals surface area contributed by atoms with Gasteiger partial charge in [-0.25, -0.2) is 0 Å². The largest absolute Gasteiger partial charge is 0.302 e. The summed E-state index contributed by atoms with van der Waals surface area (Å²) >= 11 is 0. The summed E-state index contributed by atoms with van der Waals surface area (Å²) in [5, 5.41) is 0. The minimum atomic E-state index is -0.539. The molecule has 1 heteroatoms. The number of benzene rings is 2. The number of carbonyl (C=O) groups is 1. The van der Waals surface area contributed by atoms with Gasteiger partial charge in [-0.1, -0.05) is 60.4 Å². The SMILES string of the molecule is CC(C=O)(CC#Cc1ccccc1)c1ccccc1. The van der Waals surface area contributed by atoms with Crippen molar-refractivity contribution in [1.82, 2.24) is 0 Å². The van der Waals surface area contributed by atoms with Crippen LogP contribution in [0.15, 0.2) is 60.7 Å². The Labute approximate surface area is 114 Å². The summed E-state index contributed by atoms with van der Waals surface area (Å²) < 4.78 is 0. The van der Waals surface area contributed by atoms with Crippen molar-refractivity contribution in [3.63, 3.8) is 0 Å². The Morgan fingerprint density at radius 2 is 1.58 bits per heavy atom. The average Bonchev–Trinajstić information content (AvgIpc) is 2.49. The van der Waals surface area contributed by atoms with E-state index in [-0.39, 0.29) is 0 Å². The number of rotatable bonds is 3. The first-order valence-electron chi connectivity index (χ1n) is 6.30. The third kappa shape index (κ3) is 3.33. The second-order valence-electron chi connectivity index (χ2n) is 4.75. The number of hydrogen-bond acceptors (Lipinski definition) is 1. The highest BCUT2D eigenvalue weighted by atomic mass is 16.1. The molecule has 0 radical (unpaired) electrons. The predicted molar refractivity (Wildman–Crippen MR) is 77.8 cm³/mol. The zero-order valence-corrected chi connectivity index (χ0v) is 11.0. The van der Waals surface area contributed by atoms with E-state index in [1.165, 1.54) is 0 Å². The van der Waals surface area contributed by atoms with E-state index >= 15 is 0 Å². The Balaban J connectivity index is 2.17. The van der Waals surface area contributed by atoms with Crippen LogP contribution in [-0.4, -0.2) is 6.29 Å². The molecule has 0 amide bonds. The van der Waals surface area contributed by atoms with Crippen LogP contribution < -0.4 is 0 Å². The third-order valence-electron chi connectivity index (χ3n) is 3.16. The van der Waals surface area contributed by atoms with E-state index in [9.17, 15) is 4.79 Å². The van der Waals surface area contributed by atoms with E-state index in [1.807, 2.05) is 67.6 Å². The highest BCUT2D eigenvalue weighted by Crippen LogP contribution is 2.24. The Hall–Kier alpha value is -2.33. The van der Waals surface area contributed by atoms with E-state index in [2.05, 4.69) is 11.8 Å². The van der Waals surface area contributed by atoms with Gasteiger partial charge in [0.25, 0.3) is 0 Å². The summed E-state index contributed by atoms with van der Waals surface area (Å²) in [4.78, 5) is 11.4. The Morgan fingerprint density at radius 1 is 1.00 bits per heavy atom. The van der Waals surface area contributed by atoms with E-state index in [1.54, 1.807) is 0 Å². The van der Waals surface area contributed by atoms with Crippen LogP contribution in [0.1, 0.15) is 24.5 Å². The Bertz CT molecular complexity index is 590. The maximum absolute atomic E-state index is 11.4. The Kier molecular flexibility index (Phi) is 4.15. The van der Waals surface area contributed by atoms with Crippen molar-refractivity contribution in [2.75, 3.05) is 0 Å². The van der Waals surface area contributed by atoms with Crippen molar-refractivity contribution in [3.05, 3.63) is 71.8 Å². The van der Waals surface area contributed by atoms with Gasteiger partial charge in [0, 0.05) is 12.0 Å². The lowest BCUT2D eigenvalue weighted by Crippen LogP contribution is -2.22. The van der Waals surface area contributed by atoms with Crippen LogP contribution in [0.3, 0.4) is 0 Å². The van der Waals surface area contributed by atoms with Crippen LogP contribution in [-0.2, 0) is 10.2 Å². The van der Waals surface area contributed by atoms with Gasteiger partial charge in [-0.15, -0.1) is 0 Å². The van der Waals surface area contributed by atoms with Crippen LogP contribution >= 0.6 is 0 Å². The van der Waals surface area contributed by atoms with Crippen LogP contribution in [0.4, 0.5) is 0 Å². The van der Waals surface area contributed by atoms with Gasteiger partial charge in [0.1, 0.15) is 6.29 Å². The minimum absolute atomic E-state index is 0.523. The normalized spacial score (nSPS) is 12.9. The molecular weight excluding hydrogens is 232 g/mol. The Morgan fingerprint density at radius 3 is 2.16 bits per heavy atom. The van der Waals surface area contributed by atoms with Crippen molar-refractivity contribution in [1.29, 1.82) is 0 Å². The monoisotopic (exact) mass is 248 g/mol. The second kappa shape index (κ2) is 6.02. The molecule has 0 heterocycles. The predicted octanol–water partition coefficient (Wildman–Crippen LogP) is 3.59. The molecule has 0 N–H and O–H groups in total. The maximum atomic E-state index is 11.4. The molecule has 1 unspecified atom stereocenters. The molecule has 2 aromatic carbocycles. The second-order valence-corrected chi connectivity index (χ2v) is 4.75. The van der Waals surface area contributed by atoms with Gasteiger partial charge in [-0.2, -0.15) is 0 Å². The van der Waals surface area contributed by atoms with Crippen LogP contribution in [0.25, 0.3) is 0 Å². The fraction of sp³-hybridized carbons (Fsp3) is 0.167. The van der Waals surface area contributed by atoms with Gasteiger partial charge in [0.05, 0.1) is 5.41 Å². The molecule has 0 aliphatic heterocycles. The number of aldehydes is 1. The molecule has 2 rings (SSSR count). The number of carbonyl (C=O) groups excluding carboxylic acids is 1.